The smallest absolute Gasteiger partial charge is 0.338 e. The fourth-order valence-corrected chi connectivity index (χ4v) is 6.39. The SMILES string of the molecule is CCOC(=O)c1ccc2cc(C3CC(C)(C)c4ccccc4C3O[Si](C)(C)C(C)(C)C)ccc2c1. The fraction of sp³-hybridized carbons (Fsp3) is 0.452. The van der Waals surface area contributed by atoms with E-state index in [1.165, 1.54) is 16.7 Å². The molecule has 3 aromatic carbocycles. The lowest BCUT2D eigenvalue weighted by atomic mass is 9.65. The van der Waals surface area contributed by atoms with Gasteiger partial charge in [0.2, 0.25) is 0 Å². The van der Waals surface area contributed by atoms with Crippen LogP contribution in [0.15, 0.2) is 60.7 Å². The van der Waals surface area contributed by atoms with Crippen LogP contribution in [0.25, 0.3) is 10.8 Å². The summed E-state index contributed by atoms with van der Waals surface area (Å²) in [6, 6.07) is 21.4. The van der Waals surface area contributed by atoms with Gasteiger partial charge in [-0.15, -0.1) is 0 Å². The second-order valence-electron chi connectivity index (χ2n) is 12.1. The van der Waals surface area contributed by atoms with E-state index in [1.54, 1.807) is 0 Å². The fourth-order valence-electron chi connectivity index (χ4n) is 5.11. The molecule has 1 aliphatic carbocycles. The summed E-state index contributed by atoms with van der Waals surface area (Å²) in [7, 11) is -2.01. The topological polar surface area (TPSA) is 35.5 Å². The Morgan fingerprint density at radius 1 is 1.00 bits per heavy atom. The average molecular weight is 489 g/mol. The third-order valence-corrected chi connectivity index (χ3v) is 12.6. The Hall–Kier alpha value is -2.43. The van der Waals surface area contributed by atoms with Gasteiger partial charge in [0.05, 0.1) is 18.3 Å². The number of esters is 1. The maximum Gasteiger partial charge on any atom is 0.338 e. The molecule has 0 saturated heterocycles. The lowest BCUT2D eigenvalue weighted by molar-refractivity contribution is 0.0526. The zero-order valence-electron chi connectivity index (χ0n) is 22.6. The maximum absolute atomic E-state index is 12.2. The molecule has 3 aromatic rings. The van der Waals surface area contributed by atoms with Crippen LogP contribution >= 0.6 is 0 Å². The molecule has 0 saturated carbocycles. The highest BCUT2D eigenvalue weighted by Gasteiger charge is 2.46. The molecule has 0 bridgehead atoms. The Morgan fingerprint density at radius 3 is 2.34 bits per heavy atom. The standard InChI is InChI=1S/C31H40O3Si/c1-9-33-29(32)24-17-15-21-18-23(16-14-22(21)19-24)26-20-31(5,6)27-13-11-10-12-25(27)28(26)34-35(7,8)30(2,3)4/h10-19,26,28H,9,20H2,1-8H3. The summed E-state index contributed by atoms with van der Waals surface area (Å²) >= 11 is 0. The molecule has 4 rings (SSSR count). The van der Waals surface area contributed by atoms with E-state index in [1.807, 2.05) is 25.1 Å². The molecule has 0 aromatic heterocycles. The van der Waals surface area contributed by atoms with Crippen molar-refractivity contribution < 1.29 is 14.0 Å². The van der Waals surface area contributed by atoms with E-state index >= 15 is 0 Å². The van der Waals surface area contributed by atoms with Crippen LogP contribution in [0.1, 0.15) is 87.0 Å². The molecule has 186 valence electrons. The van der Waals surface area contributed by atoms with Crippen molar-refractivity contribution >= 4 is 25.1 Å². The maximum atomic E-state index is 12.2. The van der Waals surface area contributed by atoms with E-state index in [9.17, 15) is 4.79 Å². The van der Waals surface area contributed by atoms with Crippen molar-refractivity contribution in [2.24, 2.45) is 0 Å². The van der Waals surface area contributed by atoms with Crippen molar-refractivity contribution in [2.45, 2.75) is 83.5 Å². The van der Waals surface area contributed by atoms with Crippen LogP contribution in [0.3, 0.4) is 0 Å². The quantitative estimate of drug-likeness (QED) is 0.267. The summed E-state index contributed by atoms with van der Waals surface area (Å²) in [6.45, 7) is 18.6. The summed E-state index contributed by atoms with van der Waals surface area (Å²) in [5.74, 6) is -0.0184. The summed E-state index contributed by atoms with van der Waals surface area (Å²) < 4.78 is 12.4. The number of carbonyl (C=O) groups is 1. The second-order valence-corrected chi connectivity index (χ2v) is 16.9. The van der Waals surface area contributed by atoms with Crippen LogP contribution in [-0.2, 0) is 14.6 Å². The zero-order chi connectivity index (χ0) is 25.6. The largest absolute Gasteiger partial charge is 0.462 e. The first-order chi connectivity index (χ1) is 16.3. The Labute approximate surface area is 212 Å². The molecule has 2 unspecified atom stereocenters. The molecule has 3 nitrogen and oxygen atoms in total. The molecule has 2 atom stereocenters. The minimum Gasteiger partial charge on any atom is -0.462 e. The third kappa shape index (κ3) is 4.96. The lowest BCUT2D eigenvalue weighted by Gasteiger charge is -2.47. The molecule has 0 radical (unpaired) electrons. The predicted octanol–water partition coefficient (Wildman–Crippen LogP) is 8.54. The van der Waals surface area contributed by atoms with Gasteiger partial charge in [0, 0.05) is 5.92 Å². The van der Waals surface area contributed by atoms with Gasteiger partial charge in [-0.1, -0.05) is 83.1 Å². The summed E-state index contributed by atoms with van der Waals surface area (Å²) in [6.07, 6.45) is 1.05. The van der Waals surface area contributed by atoms with Gasteiger partial charge in [-0.05, 0) is 76.5 Å². The molecule has 4 heteroatoms. The summed E-state index contributed by atoms with van der Waals surface area (Å²) in [5, 5.41) is 2.32. The van der Waals surface area contributed by atoms with Crippen molar-refractivity contribution in [3.8, 4) is 0 Å². The van der Waals surface area contributed by atoms with Crippen LogP contribution in [-0.4, -0.2) is 20.9 Å². The molecule has 0 heterocycles. The molecule has 0 amide bonds. The first kappa shape index (κ1) is 25.7. The lowest BCUT2D eigenvalue weighted by Crippen LogP contribution is -2.45. The van der Waals surface area contributed by atoms with E-state index in [2.05, 4.69) is 90.2 Å². The first-order valence-electron chi connectivity index (χ1n) is 12.8. The van der Waals surface area contributed by atoms with Crippen LogP contribution in [0, 0.1) is 0 Å². The van der Waals surface area contributed by atoms with Crippen molar-refractivity contribution in [1.82, 2.24) is 0 Å². The van der Waals surface area contributed by atoms with Gasteiger partial charge < -0.3 is 9.16 Å². The number of hydrogen-bond acceptors (Lipinski definition) is 3. The van der Waals surface area contributed by atoms with Gasteiger partial charge in [0.15, 0.2) is 8.32 Å². The molecule has 0 fully saturated rings. The van der Waals surface area contributed by atoms with E-state index in [0.717, 1.165) is 17.2 Å². The van der Waals surface area contributed by atoms with Gasteiger partial charge in [0.1, 0.15) is 0 Å². The number of carbonyl (C=O) groups excluding carboxylic acids is 1. The minimum atomic E-state index is -2.01. The Bertz CT molecular complexity index is 1240. The van der Waals surface area contributed by atoms with E-state index in [-0.39, 0.29) is 28.4 Å². The second kappa shape index (κ2) is 9.22. The predicted molar refractivity (Wildman–Crippen MR) is 148 cm³/mol. The highest BCUT2D eigenvalue weighted by Crippen LogP contribution is 2.53. The van der Waals surface area contributed by atoms with E-state index in [0.29, 0.717) is 12.2 Å². The normalized spacial score (nSPS) is 19.9. The summed E-state index contributed by atoms with van der Waals surface area (Å²) in [4.78, 5) is 12.2. The number of fused-ring (bicyclic) bond motifs is 2. The van der Waals surface area contributed by atoms with Crippen LogP contribution in [0.5, 0.6) is 0 Å². The van der Waals surface area contributed by atoms with Gasteiger partial charge in [-0.3, -0.25) is 0 Å². The highest BCUT2D eigenvalue weighted by molar-refractivity contribution is 6.74. The van der Waals surface area contributed by atoms with Crippen molar-refractivity contribution in [3.63, 3.8) is 0 Å². The average Bonchev–Trinajstić information content (AvgIpc) is 2.79. The van der Waals surface area contributed by atoms with Crippen LogP contribution in [0.4, 0.5) is 0 Å². The number of ether oxygens (including phenoxy) is 1. The molecule has 1 aliphatic rings. The third-order valence-electron chi connectivity index (χ3n) is 8.12. The Morgan fingerprint density at radius 2 is 1.66 bits per heavy atom. The Balaban J connectivity index is 1.79. The van der Waals surface area contributed by atoms with Gasteiger partial charge in [-0.25, -0.2) is 4.79 Å². The van der Waals surface area contributed by atoms with Crippen LogP contribution < -0.4 is 0 Å². The number of hydrogen-bond donors (Lipinski definition) is 0. The molecular formula is C31H40O3Si. The van der Waals surface area contributed by atoms with Gasteiger partial charge in [0.25, 0.3) is 0 Å². The zero-order valence-corrected chi connectivity index (χ0v) is 23.6. The summed E-state index contributed by atoms with van der Waals surface area (Å²) in [5.41, 5.74) is 4.68. The van der Waals surface area contributed by atoms with E-state index in [4.69, 9.17) is 9.16 Å². The highest BCUT2D eigenvalue weighted by atomic mass is 28.4. The number of benzene rings is 3. The van der Waals surface area contributed by atoms with Crippen LogP contribution in [0.2, 0.25) is 18.1 Å². The number of rotatable bonds is 5. The minimum absolute atomic E-state index is 0.0244. The Kier molecular flexibility index (Phi) is 6.76. The van der Waals surface area contributed by atoms with E-state index < -0.39 is 8.32 Å². The van der Waals surface area contributed by atoms with Gasteiger partial charge in [-0.2, -0.15) is 0 Å². The molecule has 0 aliphatic heterocycles. The monoisotopic (exact) mass is 488 g/mol. The van der Waals surface area contributed by atoms with Crippen molar-refractivity contribution in [3.05, 3.63) is 82.9 Å². The van der Waals surface area contributed by atoms with Crippen molar-refractivity contribution in [1.29, 1.82) is 0 Å². The molecule has 0 N–H and O–H groups in total. The van der Waals surface area contributed by atoms with Gasteiger partial charge >= 0.3 is 5.97 Å². The molecule has 0 spiro atoms. The first-order valence-corrected chi connectivity index (χ1v) is 15.7. The van der Waals surface area contributed by atoms with Crippen molar-refractivity contribution in [2.75, 3.05) is 6.61 Å². The molecule has 35 heavy (non-hydrogen) atoms. The molecular weight excluding hydrogens is 448 g/mol.